The number of benzene rings is 2. The van der Waals surface area contributed by atoms with Gasteiger partial charge in [-0.05, 0) is 57.5 Å². The minimum atomic E-state index is -0.841. The van der Waals surface area contributed by atoms with Gasteiger partial charge in [0, 0.05) is 11.3 Å². The van der Waals surface area contributed by atoms with Gasteiger partial charge in [0.25, 0.3) is 11.5 Å². The molecule has 3 aromatic rings. The number of hydrogen-bond donors (Lipinski definition) is 1. The van der Waals surface area contributed by atoms with Gasteiger partial charge in [0.15, 0.2) is 16.3 Å². The number of methoxy groups -OCH3 is 1. The molecule has 196 valence electrons. The molecule has 1 atom stereocenters. The summed E-state index contributed by atoms with van der Waals surface area (Å²) in [6, 6.07) is 10.0. The van der Waals surface area contributed by atoms with Crippen molar-refractivity contribution in [1.29, 1.82) is 0 Å². The third kappa shape index (κ3) is 4.10. The summed E-state index contributed by atoms with van der Waals surface area (Å²) in [4.78, 5) is 45.3. The molecule has 0 saturated heterocycles. The number of nitrogens with zero attached hydrogens (tertiary/aromatic N) is 2. The molecule has 0 radical (unpaired) electrons. The second-order valence-corrected chi connectivity index (χ2v) is 9.82. The van der Waals surface area contributed by atoms with Crippen LogP contribution in [-0.2, 0) is 14.3 Å². The van der Waals surface area contributed by atoms with E-state index in [1.54, 1.807) is 39.2 Å². The maximum absolute atomic E-state index is 14.1. The molecule has 0 saturated carbocycles. The van der Waals surface area contributed by atoms with E-state index < -0.39 is 17.6 Å². The number of aromatic nitrogens is 1. The fourth-order valence-corrected chi connectivity index (χ4v) is 5.94. The highest BCUT2D eigenvalue weighted by atomic mass is 32.1. The third-order valence-corrected chi connectivity index (χ3v) is 7.50. The highest BCUT2D eigenvalue weighted by Crippen LogP contribution is 2.36. The zero-order valence-corrected chi connectivity index (χ0v) is 22.5. The molecule has 0 fully saturated rings. The maximum Gasteiger partial charge on any atom is 0.338 e. The van der Waals surface area contributed by atoms with E-state index >= 15 is 0 Å². The molecule has 0 unspecified atom stereocenters. The number of rotatable bonds is 6. The van der Waals surface area contributed by atoms with Crippen LogP contribution in [0.3, 0.4) is 0 Å². The monoisotopic (exact) mass is 533 g/mol. The van der Waals surface area contributed by atoms with E-state index in [2.05, 4.69) is 10.3 Å². The van der Waals surface area contributed by atoms with Gasteiger partial charge in [0.2, 0.25) is 0 Å². The minimum Gasteiger partial charge on any atom is -0.493 e. The van der Waals surface area contributed by atoms with Crippen LogP contribution in [0.4, 0.5) is 5.69 Å². The van der Waals surface area contributed by atoms with Crippen LogP contribution >= 0.6 is 11.3 Å². The molecule has 5 rings (SSSR count). The number of carbonyl (C=O) groups excluding carboxylic acids is 2. The summed E-state index contributed by atoms with van der Waals surface area (Å²) in [6.45, 7) is 7.79. The zero-order chi connectivity index (χ0) is 27.1. The number of nitrogens with one attached hydrogen (secondary N) is 1. The van der Waals surface area contributed by atoms with Crippen molar-refractivity contribution in [2.24, 2.45) is 4.99 Å². The number of ether oxygens (including phenoxy) is 3. The Labute approximate surface area is 222 Å². The van der Waals surface area contributed by atoms with Crippen molar-refractivity contribution in [3.8, 4) is 11.5 Å². The fraction of sp³-hybridized carbons (Fsp3) is 0.286. The second-order valence-electron chi connectivity index (χ2n) is 8.84. The second kappa shape index (κ2) is 9.94. The van der Waals surface area contributed by atoms with Gasteiger partial charge in [0.1, 0.15) is 4.53 Å². The van der Waals surface area contributed by atoms with E-state index in [1.807, 2.05) is 32.0 Å². The Morgan fingerprint density at radius 2 is 1.87 bits per heavy atom. The predicted molar refractivity (Wildman–Crippen MR) is 143 cm³/mol. The van der Waals surface area contributed by atoms with Crippen molar-refractivity contribution in [2.45, 2.75) is 33.7 Å². The number of hydrogen-bond acceptors (Lipinski definition) is 8. The largest absolute Gasteiger partial charge is 0.493 e. The molecule has 1 amide bonds. The van der Waals surface area contributed by atoms with E-state index in [4.69, 9.17) is 14.2 Å². The van der Waals surface area contributed by atoms with Gasteiger partial charge in [-0.2, -0.15) is 0 Å². The number of anilines is 1. The van der Waals surface area contributed by atoms with Gasteiger partial charge >= 0.3 is 5.97 Å². The number of carbonyl (C=O) groups is 2. The highest BCUT2D eigenvalue weighted by Gasteiger charge is 2.35. The normalized spacial score (nSPS) is 17.4. The Bertz CT molecular complexity index is 1700. The van der Waals surface area contributed by atoms with Crippen LogP contribution in [0.2, 0.25) is 0 Å². The van der Waals surface area contributed by atoms with Crippen molar-refractivity contribution in [1.82, 2.24) is 4.57 Å². The Hall–Kier alpha value is -4.18. The zero-order valence-electron chi connectivity index (χ0n) is 21.7. The number of thiazole rings is 1. The lowest BCUT2D eigenvalue weighted by atomic mass is 9.95. The molecule has 1 aromatic heterocycles. The Balaban J connectivity index is 1.81. The average Bonchev–Trinajstić information content (AvgIpc) is 3.37. The first-order chi connectivity index (χ1) is 18.3. The van der Waals surface area contributed by atoms with Gasteiger partial charge in [-0.25, -0.2) is 9.79 Å². The third-order valence-electron chi connectivity index (χ3n) is 6.44. The predicted octanol–water partition coefficient (Wildman–Crippen LogP) is 2.84. The van der Waals surface area contributed by atoms with E-state index in [0.29, 0.717) is 51.0 Å². The molecule has 2 aromatic carbocycles. The van der Waals surface area contributed by atoms with Crippen LogP contribution in [0.15, 0.2) is 57.5 Å². The summed E-state index contributed by atoms with van der Waals surface area (Å²) in [5.41, 5.74) is 3.47. The standard InChI is InChI=1S/C28H27N3O6S/c1-6-36-20-13-16(9-11-19(20)35-5)23-21(27(34)37-7-2)15(4)29-28-31(23)26(33)24(38-28)22-17-12-14(3)8-10-18(17)30-25(22)32/h8-13,23H,6-7H2,1-5H3,(H,30,32)/b24-22-/t23-/m1/s1. The average molecular weight is 534 g/mol. The SMILES string of the molecule is CCOC(=O)C1=C(C)N=c2s/c(=C3\C(=O)Nc4ccc(C)cc43)c(=O)n2[C@@H]1c1ccc(OC)c(OCC)c1. The number of fused-ring (bicyclic) bond motifs is 2. The number of amides is 1. The van der Waals surface area contributed by atoms with Crippen molar-refractivity contribution in [2.75, 3.05) is 25.6 Å². The van der Waals surface area contributed by atoms with E-state index in [0.717, 1.165) is 16.9 Å². The Morgan fingerprint density at radius 3 is 2.58 bits per heavy atom. The topological polar surface area (TPSA) is 108 Å². The van der Waals surface area contributed by atoms with Crippen molar-refractivity contribution < 1.29 is 23.8 Å². The Morgan fingerprint density at radius 1 is 1.08 bits per heavy atom. The van der Waals surface area contributed by atoms with Crippen LogP contribution in [0.25, 0.3) is 5.57 Å². The number of allylic oxidation sites excluding steroid dienone is 1. The van der Waals surface area contributed by atoms with Gasteiger partial charge in [-0.15, -0.1) is 0 Å². The van der Waals surface area contributed by atoms with Crippen molar-refractivity contribution in [3.05, 3.63) is 84.0 Å². The van der Waals surface area contributed by atoms with Gasteiger partial charge in [0.05, 0.1) is 43.2 Å². The molecular formula is C28H27N3O6S. The van der Waals surface area contributed by atoms with Crippen molar-refractivity contribution >= 4 is 34.5 Å². The quantitative estimate of drug-likeness (QED) is 0.489. The highest BCUT2D eigenvalue weighted by molar-refractivity contribution is 7.07. The van der Waals surface area contributed by atoms with Crippen LogP contribution in [0.1, 0.15) is 43.5 Å². The number of esters is 1. The fourth-order valence-electron chi connectivity index (χ4n) is 4.80. The van der Waals surface area contributed by atoms with Gasteiger partial charge < -0.3 is 19.5 Å². The summed E-state index contributed by atoms with van der Waals surface area (Å²) in [5, 5.41) is 2.85. The number of aryl methyl sites for hydroxylation is 1. The van der Waals surface area contributed by atoms with Gasteiger partial charge in [-0.1, -0.05) is 29.0 Å². The van der Waals surface area contributed by atoms with Crippen LogP contribution < -0.4 is 29.7 Å². The lowest BCUT2D eigenvalue weighted by Crippen LogP contribution is -2.40. The molecule has 38 heavy (non-hydrogen) atoms. The minimum absolute atomic E-state index is 0.167. The summed E-state index contributed by atoms with van der Waals surface area (Å²) in [7, 11) is 1.54. The molecule has 1 N–H and O–H groups in total. The first-order valence-electron chi connectivity index (χ1n) is 12.2. The molecule has 0 aliphatic carbocycles. The Kier molecular flexibility index (Phi) is 6.66. The van der Waals surface area contributed by atoms with E-state index in [9.17, 15) is 14.4 Å². The van der Waals surface area contributed by atoms with Gasteiger partial charge in [-0.3, -0.25) is 14.2 Å². The van der Waals surface area contributed by atoms with E-state index in [-0.39, 0.29) is 22.6 Å². The van der Waals surface area contributed by atoms with E-state index in [1.165, 1.54) is 4.57 Å². The lowest BCUT2D eigenvalue weighted by molar-refractivity contribution is -0.139. The molecule has 0 bridgehead atoms. The summed E-state index contributed by atoms with van der Waals surface area (Å²) < 4.78 is 18.3. The van der Waals surface area contributed by atoms with Crippen LogP contribution in [0.5, 0.6) is 11.5 Å². The van der Waals surface area contributed by atoms with Crippen LogP contribution in [0, 0.1) is 6.92 Å². The molecular weight excluding hydrogens is 506 g/mol. The van der Waals surface area contributed by atoms with Crippen LogP contribution in [-0.4, -0.2) is 36.8 Å². The first-order valence-corrected chi connectivity index (χ1v) is 13.1. The summed E-state index contributed by atoms with van der Waals surface area (Å²) in [5.74, 6) is 0.0926. The van der Waals surface area contributed by atoms with Crippen molar-refractivity contribution in [3.63, 3.8) is 0 Å². The smallest absolute Gasteiger partial charge is 0.338 e. The molecule has 0 spiro atoms. The molecule has 3 heterocycles. The lowest BCUT2D eigenvalue weighted by Gasteiger charge is -2.25. The summed E-state index contributed by atoms with van der Waals surface area (Å²) >= 11 is 1.13. The molecule has 10 heteroatoms. The molecule has 2 aliphatic heterocycles. The molecule has 9 nitrogen and oxygen atoms in total. The summed E-state index contributed by atoms with van der Waals surface area (Å²) in [6.07, 6.45) is 0. The maximum atomic E-state index is 14.1. The molecule has 2 aliphatic rings. The first kappa shape index (κ1) is 25.5.